The molecule has 0 radical (unpaired) electrons. The van der Waals surface area contributed by atoms with Gasteiger partial charge in [-0.15, -0.1) is 0 Å². The van der Waals surface area contributed by atoms with Crippen LogP contribution in [0.15, 0.2) is 0 Å². The Balaban J connectivity index is 4.62. The molecule has 0 spiro atoms. The smallest absolute Gasteiger partial charge is 0.437 e. The van der Waals surface area contributed by atoms with Gasteiger partial charge in [0, 0.05) is 26.2 Å². The summed E-state index contributed by atoms with van der Waals surface area (Å²) >= 11 is 0. The fraction of sp³-hybridized carbons (Fsp3) is 0.909. The number of carbonyl (C=O) groups excluding carboxylic acids is 1. The second kappa shape index (κ2) is 9.46. The van der Waals surface area contributed by atoms with Gasteiger partial charge in [-0.3, -0.25) is 4.79 Å². The van der Waals surface area contributed by atoms with Gasteiger partial charge in [-0.05, 0) is 33.7 Å². The van der Waals surface area contributed by atoms with Crippen LogP contribution in [0, 0.1) is 0 Å². The lowest BCUT2D eigenvalue weighted by molar-refractivity contribution is -0.164. The first-order valence-corrected chi connectivity index (χ1v) is 8.25. The molecular weight excluding hydrogens is 254 g/mol. The molecule has 0 aliphatic heterocycles. The van der Waals surface area contributed by atoms with Crippen molar-refractivity contribution in [3.05, 3.63) is 0 Å². The Bertz CT molecular complexity index is 233. The first-order valence-electron chi connectivity index (χ1n) is 6.32. The molecule has 0 aromatic carbocycles. The summed E-state index contributed by atoms with van der Waals surface area (Å²) in [6, 6.07) is 0.622. The largest absolute Gasteiger partial charge is 0.503 e. The summed E-state index contributed by atoms with van der Waals surface area (Å²) in [6.45, 7) is 8.27. The summed E-state index contributed by atoms with van der Waals surface area (Å²) in [5.41, 5.74) is 5.51. The summed E-state index contributed by atoms with van der Waals surface area (Å²) in [4.78, 5) is 10.9. The molecule has 0 aliphatic carbocycles. The predicted octanol–water partition coefficient (Wildman–Crippen LogP) is 1.27. The highest BCUT2D eigenvalue weighted by Crippen LogP contribution is 2.20. The molecule has 0 saturated heterocycles. The highest BCUT2D eigenvalue weighted by molar-refractivity contribution is 6.60. The molecule has 0 amide bonds. The minimum Gasteiger partial charge on any atom is -0.437 e. The van der Waals surface area contributed by atoms with Gasteiger partial charge in [-0.2, -0.15) is 0 Å². The molecule has 18 heavy (non-hydrogen) atoms. The summed E-state index contributed by atoms with van der Waals surface area (Å²) in [7, 11) is -2.80. The molecular formula is C11H25NO5Si. The van der Waals surface area contributed by atoms with E-state index in [4.69, 9.17) is 23.7 Å². The van der Waals surface area contributed by atoms with E-state index >= 15 is 0 Å². The number of carbonyl (C=O) groups is 1. The summed E-state index contributed by atoms with van der Waals surface area (Å²) in [5, 5.41) is 0. The molecule has 108 valence electrons. The SMILES string of the molecule is CCO[Si](CCCN)(OCC)OC(C)OC(C)=O. The molecule has 0 bridgehead atoms. The van der Waals surface area contributed by atoms with Gasteiger partial charge in [0.2, 0.25) is 0 Å². The second-order valence-electron chi connectivity index (χ2n) is 3.74. The minimum absolute atomic E-state index is 0.391. The van der Waals surface area contributed by atoms with E-state index in [0.29, 0.717) is 25.8 Å². The third-order valence-corrected chi connectivity index (χ3v) is 5.21. The van der Waals surface area contributed by atoms with Gasteiger partial charge >= 0.3 is 14.8 Å². The first kappa shape index (κ1) is 17.5. The number of hydrogen-bond donors (Lipinski definition) is 1. The van der Waals surface area contributed by atoms with E-state index in [1.165, 1.54) is 6.92 Å². The van der Waals surface area contributed by atoms with Crippen LogP contribution in [-0.4, -0.2) is 40.8 Å². The van der Waals surface area contributed by atoms with Crippen molar-refractivity contribution in [1.29, 1.82) is 0 Å². The number of esters is 1. The van der Waals surface area contributed by atoms with Crippen molar-refractivity contribution in [3.63, 3.8) is 0 Å². The molecule has 0 heterocycles. The number of hydrogen-bond acceptors (Lipinski definition) is 6. The van der Waals surface area contributed by atoms with Gasteiger partial charge in [0.05, 0.1) is 0 Å². The second-order valence-corrected chi connectivity index (χ2v) is 6.42. The lowest BCUT2D eigenvalue weighted by Gasteiger charge is -2.31. The van der Waals surface area contributed by atoms with Gasteiger partial charge in [0.15, 0.2) is 6.29 Å². The standard InChI is InChI=1S/C11H25NO5Si/c1-5-14-18(15-6-2,9-7-8-12)17-11(4)16-10(3)13/h11H,5-9,12H2,1-4H3. The van der Waals surface area contributed by atoms with E-state index in [9.17, 15) is 4.79 Å². The maximum Gasteiger partial charge on any atom is 0.503 e. The van der Waals surface area contributed by atoms with Gasteiger partial charge in [0.1, 0.15) is 0 Å². The lowest BCUT2D eigenvalue weighted by atomic mass is 10.5. The number of ether oxygens (including phenoxy) is 1. The van der Waals surface area contributed by atoms with Gasteiger partial charge < -0.3 is 23.7 Å². The van der Waals surface area contributed by atoms with Crippen molar-refractivity contribution < 1.29 is 22.8 Å². The third-order valence-electron chi connectivity index (χ3n) is 2.09. The summed E-state index contributed by atoms with van der Waals surface area (Å²) in [6.07, 6.45) is 0.0731. The Hall–Kier alpha value is -0.473. The topological polar surface area (TPSA) is 80.0 Å². The van der Waals surface area contributed by atoms with Crippen molar-refractivity contribution in [2.75, 3.05) is 19.8 Å². The Morgan fingerprint density at radius 2 is 1.83 bits per heavy atom. The molecule has 2 N–H and O–H groups in total. The zero-order valence-corrected chi connectivity index (χ0v) is 12.7. The fourth-order valence-corrected chi connectivity index (χ4v) is 4.28. The highest BCUT2D eigenvalue weighted by atomic mass is 28.4. The first-order chi connectivity index (χ1) is 8.49. The van der Waals surface area contributed by atoms with E-state index in [-0.39, 0.29) is 0 Å². The Labute approximate surface area is 110 Å². The van der Waals surface area contributed by atoms with E-state index in [0.717, 1.165) is 6.42 Å². The molecule has 0 fully saturated rings. The third kappa shape index (κ3) is 7.07. The average molecular weight is 279 g/mol. The molecule has 7 heteroatoms. The predicted molar refractivity (Wildman–Crippen MR) is 69.8 cm³/mol. The Morgan fingerprint density at radius 1 is 1.28 bits per heavy atom. The van der Waals surface area contributed by atoms with Gasteiger partial charge in [0.25, 0.3) is 0 Å². The van der Waals surface area contributed by atoms with Crippen LogP contribution in [0.4, 0.5) is 0 Å². The maximum atomic E-state index is 10.9. The summed E-state index contributed by atoms with van der Waals surface area (Å²) in [5.74, 6) is -0.391. The van der Waals surface area contributed by atoms with Crippen LogP contribution in [0.2, 0.25) is 6.04 Å². The zero-order chi connectivity index (χ0) is 14.0. The zero-order valence-electron chi connectivity index (χ0n) is 11.7. The van der Waals surface area contributed by atoms with Crippen molar-refractivity contribution >= 4 is 14.8 Å². The summed E-state index contributed by atoms with van der Waals surface area (Å²) < 4.78 is 22.0. The Morgan fingerprint density at radius 3 is 2.22 bits per heavy atom. The molecule has 6 nitrogen and oxygen atoms in total. The maximum absolute atomic E-state index is 10.9. The quantitative estimate of drug-likeness (QED) is 0.368. The van der Waals surface area contributed by atoms with Crippen LogP contribution in [0.1, 0.15) is 34.1 Å². The van der Waals surface area contributed by atoms with Crippen molar-refractivity contribution in [1.82, 2.24) is 0 Å². The molecule has 0 aromatic rings. The molecule has 0 aromatic heterocycles. The van der Waals surface area contributed by atoms with Crippen molar-refractivity contribution in [3.8, 4) is 0 Å². The lowest BCUT2D eigenvalue weighted by Crippen LogP contribution is -2.49. The van der Waals surface area contributed by atoms with Crippen LogP contribution in [-0.2, 0) is 22.8 Å². The van der Waals surface area contributed by atoms with Crippen LogP contribution >= 0.6 is 0 Å². The molecule has 0 aliphatic rings. The van der Waals surface area contributed by atoms with Crippen molar-refractivity contribution in [2.24, 2.45) is 5.73 Å². The van der Waals surface area contributed by atoms with Gasteiger partial charge in [-0.1, -0.05) is 0 Å². The van der Waals surface area contributed by atoms with E-state index in [2.05, 4.69) is 0 Å². The van der Waals surface area contributed by atoms with E-state index in [1.807, 2.05) is 13.8 Å². The molecule has 0 saturated carbocycles. The van der Waals surface area contributed by atoms with Gasteiger partial charge in [-0.25, -0.2) is 0 Å². The Kier molecular flexibility index (Phi) is 9.21. The number of rotatable bonds is 10. The van der Waals surface area contributed by atoms with Crippen LogP contribution in [0.25, 0.3) is 0 Å². The highest BCUT2D eigenvalue weighted by Gasteiger charge is 2.42. The van der Waals surface area contributed by atoms with Crippen molar-refractivity contribution in [2.45, 2.75) is 46.4 Å². The van der Waals surface area contributed by atoms with E-state index in [1.54, 1.807) is 6.92 Å². The van der Waals surface area contributed by atoms with E-state index < -0.39 is 21.1 Å². The van der Waals surface area contributed by atoms with Crippen LogP contribution in [0.3, 0.4) is 0 Å². The fourth-order valence-electron chi connectivity index (χ4n) is 1.58. The minimum atomic E-state index is -2.80. The van der Waals surface area contributed by atoms with Crippen LogP contribution < -0.4 is 5.73 Å². The molecule has 1 atom stereocenters. The molecule has 1 unspecified atom stereocenters. The monoisotopic (exact) mass is 279 g/mol. The molecule has 0 rings (SSSR count). The normalized spacial score (nSPS) is 13.4. The average Bonchev–Trinajstić information content (AvgIpc) is 2.25. The number of nitrogens with two attached hydrogens (primary N) is 1. The van der Waals surface area contributed by atoms with Crippen LogP contribution in [0.5, 0.6) is 0 Å².